The van der Waals surface area contributed by atoms with E-state index < -0.39 is 45.4 Å². The number of alkyl halides is 3. The lowest BCUT2D eigenvalue weighted by Crippen LogP contribution is -2.41. The minimum atomic E-state index is -4.75. The Kier molecular flexibility index (Phi) is 6.61. The molecular formula is C22H26F4N2O5S. The highest BCUT2D eigenvalue weighted by Crippen LogP contribution is 2.35. The summed E-state index contributed by atoms with van der Waals surface area (Å²) in [7, 11) is -2.87. The molecule has 0 radical (unpaired) electrons. The predicted molar refractivity (Wildman–Crippen MR) is 122 cm³/mol. The molecule has 0 spiro atoms. The summed E-state index contributed by atoms with van der Waals surface area (Å²) in [5.41, 5.74) is -1.04. The van der Waals surface area contributed by atoms with Crippen molar-refractivity contribution in [3.63, 3.8) is 0 Å². The lowest BCUT2D eigenvalue weighted by molar-refractivity contribution is -0.140. The van der Waals surface area contributed by atoms with Crippen molar-refractivity contribution in [2.24, 2.45) is 0 Å². The zero-order valence-corrected chi connectivity index (χ0v) is 19.9. The first-order valence-electron chi connectivity index (χ1n) is 10.2. The Balaban J connectivity index is 2.35. The van der Waals surface area contributed by atoms with Crippen LogP contribution in [0.3, 0.4) is 0 Å². The van der Waals surface area contributed by atoms with Gasteiger partial charge in [0.25, 0.3) is 0 Å². The molecule has 1 atom stereocenters. The van der Waals surface area contributed by atoms with Crippen LogP contribution in [0.5, 0.6) is 11.5 Å². The zero-order chi connectivity index (χ0) is 25.5. The van der Waals surface area contributed by atoms with Crippen LogP contribution in [0.4, 0.5) is 17.6 Å². The van der Waals surface area contributed by atoms with E-state index in [1.54, 1.807) is 6.92 Å². The van der Waals surface area contributed by atoms with Gasteiger partial charge in [0.1, 0.15) is 12.4 Å². The summed E-state index contributed by atoms with van der Waals surface area (Å²) >= 11 is 0. The minimum absolute atomic E-state index is 0.00834. The van der Waals surface area contributed by atoms with E-state index in [-0.39, 0.29) is 17.6 Å². The van der Waals surface area contributed by atoms with Crippen molar-refractivity contribution in [3.05, 3.63) is 58.3 Å². The van der Waals surface area contributed by atoms with Crippen LogP contribution >= 0.6 is 0 Å². The summed E-state index contributed by atoms with van der Waals surface area (Å²) in [5, 5.41) is 0. The van der Waals surface area contributed by atoms with Crippen LogP contribution in [0, 0.1) is 5.82 Å². The molecule has 0 saturated carbocycles. The van der Waals surface area contributed by atoms with E-state index in [1.807, 2.05) is 0 Å². The molecule has 0 aliphatic rings. The molecule has 34 heavy (non-hydrogen) atoms. The monoisotopic (exact) mass is 506 g/mol. The molecule has 1 N–H and O–H groups in total. The van der Waals surface area contributed by atoms with Crippen molar-refractivity contribution in [1.29, 1.82) is 0 Å². The lowest BCUT2D eigenvalue weighted by atomic mass is 10.1. The Bertz CT molecular complexity index is 1330. The number of imidazole rings is 1. The van der Waals surface area contributed by atoms with Crippen molar-refractivity contribution < 1.29 is 35.8 Å². The van der Waals surface area contributed by atoms with E-state index in [0.29, 0.717) is 21.6 Å². The predicted octanol–water partition coefficient (Wildman–Crippen LogP) is 4.05. The van der Waals surface area contributed by atoms with E-state index in [0.717, 1.165) is 29.2 Å². The summed E-state index contributed by atoms with van der Waals surface area (Å²) in [6.07, 6.45) is -2.54. The Morgan fingerprint density at radius 2 is 1.76 bits per heavy atom. The first-order valence-corrected chi connectivity index (χ1v) is 13.1. The molecule has 3 rings (SSSR count). The van der Waals surface area contributed by atoms with Gasteiger partial charge in [0, 0.05) is 12.5 Å². The molecule has 0 aliphatic heterocycles. The summed E-state index contributed by atoms with van der Waals surface area (Å²) in [6.45, 7) is 0.368. The third kappa shape index (κ3) is 5.79. The second kappa shape index (κ2) is 8.73. The first kappa shape index (κ1) is 25.8. The number of methoxy groups -OCH3 is 1. The van der Waals surface area contributed by atoms with E-state index >= 15 is 0 Å². The number of nitrogens with zero attached hydrogens (tertiary/aromatic N) is 2. The fraction of sp³-hybridized carbons (Fsp3) is 0.409. The third-order valence-corrected chi connectivity index (χ3v) is 6.35. The molecule has 0 saturated heterocycles. The van der Waals surface area contributed by atoms with Crippen molar-refractivity contribution in [2.45, 2.75) is 25.7 Å². The Labute approximate surface area is 193 Å². The van der Waals surface area contributed by atoms with Gasteiger partial charge in [-0.05, 0) is 42.8 Å². The van der Waals surface area contributed by atoms with Gasteiger partial charge in [-0.25, -0.2) is 13.4 Å². The average molecular weight is 507 g/mol. The van der Waals surface area contributed by atoms with Gasteiger partial charge in [0.05, 0.1) is 36.5 Å². The third-order valence-electron chi connectivity index (χ3n) is 5.08. The van der Waals surface area contributed by atoms with E-state index in [4.69, 9.17) is 9.47 Å². The second-order valence-electron chi connectivity index (χ2n) is 8.52. The SMILES string of the molecule is CCOc1cc([C@H](CS(C)(C)(=O)O)n2c(=O)n(CC(F)(F)F)c3cc(F)ccc32)ccc1OC. The van der Waals surface area contributed by atoms with Crippen LogP contribution in [-0.4, -0.2) is 56.1 Å². The van der Waals surface area contributed by atoms with Gasteiger partial charge >= 0.3 is 11.9 Å². The van der Waals surface area contributed by atoms with Gasteiger partial charge in [-0.3, -0.25) is 9.13 Å². The number of benzene rings is 2. The summed E-state index contributed by atoms with van der Waals surface area (Å²) in [5.74, 6) is -0.653. The molecule has 1 aromatic heterocycles. The maximum atomic E-state index is 13.9. The van der Waals surface area contributed by atoms with E-state index in [2.05, 4.69) is 0 Å². The molecule has 188 valence electrons. The number of halogens is 4. The average Bonchev–Trinajstić information content (AvgIpc) is 2.95. The number of fused-ring (bicyclic) bond motifs is 1. The van der Waals surface area contributed by atoms with Crippen LogP contribution in [0.1, 0.15) is 18.5 Å². The topological polar surface area (TPSA) is 82.7 Å². The van der Waals surface area contributed by atoms with Crippen LogP contribution in [0.25, 0.3) is 11.0 Å². The molecule has 7 nitrogen and oxygen atoms in total. The van der Waals surface area contributed by atoms with Crippen LogP contribution in [0.2, 0.25) is 0 Å². The molecule has 0 fully saturated rings. The number of hydrogen-bond acceptors (Lipinski definition) is 4. The van der Waals surface area contributed by atoms with Crippen molar-refractivity contribution in [1.82, 2.24) is 9.13 Å². The molecule has 2 aromatic carbocycles. The molecule has 0 bridgehead atoms. The zero-order valence-electron chi connectivity index (χ0n) is 19.1. The van der Waals surface area contributed by atoms with Gasteiger partial charge < -0.3 is 14.0 Å². The Hall–Kier alpha value is -2.86. The molecule has 0 amide bonds. The molecule has 0 aliphatic carbocycles. The van der Waals surface area contributed by atoms with Gasteiger partial charge in [-0.1, -0.05) is 6.07 Å². The van der Waals surface area contributed by atoms with Gasteiger partial charge in [-0.2, -0.15) is 22.5 Å². The Morgan fingerprint density at radius 1 is 1.09 bits per heavy atom. The van der Waals surface area contributed by atoms with Gasteiger partial charge in [0.15, 0.2) is 11.5 Å². The van der Waals surface area contributed by atoms with E-state index in [9.17, 15) is 31.1 Å². The van der Waals surface area contributed by atoms with Gasteiger partial charge in [-0.15, -0.1) is 0 Å². The minimum Gasteiger partial charge on any atom is -0.493 e. The second-order valence-corrected chi connectivity index (χ2v) is 12.9. The van der Waals surface area contributed by atoms with Gasteiger partial charge in [0.2, 0.25) is 0 Å². The highest BCUT2D eigenvalue weighted by atomic mass is 32.3. The quantitative estimate of drug-likeness (QED) is 0.466. The highest BCUT2D eigenvalue weighted by Gasteiger charge is 2.34. The van der Waals surface area contributed by atoms with Crippen LogP contribution in [0.15, 0.2) is 41.2 Å². The van der Waals surface area contributed by atoms with Crippen molar-refractivity contribution in [3.8, 4) is 11.5 Å². The molecular weight excluding hydrogens is 480 g/mol. The standard InChI is InChI=1S/C22H26F4N2O5S/c1-5-33-20-10-14(6-9-19(20)32-2)18(12-34(3,4,30)31)28-16-8-7-15(23)11-17(16)27(21(28)29)13-22(24,25)26/h6-11,18H,5,12-13H2,1-4H3,(H,30,31)/t18-/m0/s1. The molecule has 12 heteroatoms. The number of hydrogen-bond donors (Lipinski definition) is 1. The highest BCUT2D eigenvalue weighted by molar-refractivity contribution is 8.13. The molecule has 3 aromatic rings. The maximum Gasteiger partial charge on any atom is 0.406 e. The van der Waals surface area contributed by atoms with Crippen molar-refractivity contribution in [2.75, 3.05) is 32.0 Å². The summed E-state index contributed by atoms with van der Waals surface area (Å²) in [6, 6.07) is 6.44. The van der Waals surface area contributed by atoms with Crippen molar-refractivity contribution >= 4 is 20.4 Å². The first-order chi connectivity index (χ1) is 15.6. The molecule has 0 unspecified atom stereocenters. The number of ether oxygens (including phenoxy) is 2. The Morgan fingerprint density at radius 3 is 2.32 bits per heavy atom. The maximum absolute atomic E-state index is 13.9. The fourth-order valence-corrected chi connectivity index (χ4v) is 5.07. The number of rotatable bonds is 8. The van der Waals surface area contributed by atoms with E-state index in [1.165, 1.54) is 31.4 Å². The lowest BCUT2D eigenvalue weighted by Gasteiger charge is -2.37. The normalized spacial score (nSPS) is 14.6. The fourth-order valence-electron chi connectivity index (χ4n) is 3.83. The molecule has 1 heterocycles. The summed E-state index contributed by atoms with van der Waals surface area (Å²) < 4.78 is 89.5. The smallest absolute Gasteiger partial charge is 0.406 e. The number of aromatic nitrogens is 2. The summed E-state index contributed by atoms with van der Waals surface area (Å²) in [4.78, 5) is 13.3. The largest absolute Gasteiger partial charge is 0.493 e. The van der Waals surface area contributed by atoms with Crippen LogP contribution in [-0.2, 0) is 15.9 Å². The van der Waals surface area contributed by atoms with Crippen LogP contribution < -0.4 is 15.2 Å².